The maximum Gasteiger partial charge on any atom is 0.264 e. The molecule has 5 rings (SSSR count). The van der Waals surface area contributed by atoms with E-state index < -0.39 is 22.5 Å². The van der Waals surface area contributed by atoms with E-state index in [0.717, 1.165) is 20.7 Å². The average molecular weight is 521 g/mol. The zero-order chi connectivity index (χ0) is 25.3. The normalized spacial score (nSPS) is 11.5. The SMILES string of the molecule is COc1ccc(S(=O)(=O)N(CC(=O)Nc2ccc3c(c2)oc2ccccc23)c2ccc(Cl)cc2)cc1. The molecular formula is C27H21ClN2O5S. The number of ether oxygens (including phenoxy) is 1. The number of furan rings is 1. The molecule has 182 valence electrons. The summed E-state index contributed by atoms with van der Waals surface area (Å²) < 4.78 is 39.1. The highest BCUT2D eigenvalue weighted by atomic mass is 35.5. The van der Waals surface area contributed by atoms with E-state index in [-0.39, 0.29) is 4.90 Å². The van der Waals surface area contributed by atoms with Gasteiger partial charge in [0.05, 0.1) is 17.7 Å². The van der Waals surface area contributed by atoms with Crippen molar-refractivity contribution in [2.45, 2.75) is 4.90 Å². The van der Waals surface area contributed by atoms with Gasteiger partial charge in [-0.05, 0) is 66.7 Å². The van der Waals surface area contributed by atoms with Crippen LogP contribution >= 0.6 is 11.6 Å². The van der Waals surface area contributed by atoms with Crippen molar-refractivity contribution >= 4 is 60.8 Å². The van der Waals surface area contributed by atoms with Gasteiger partial charge in [-0.15, -0.1) is 0 Å². The smallest absolute Gasteiger partial charge is 0.264 e. The van der Waals surface area contributed by atoms with Crippen LogP contribution in [-0.4, -0.2) is 28.0 Å². The highest BCUT2D eigenvalue weighted by Crippen LogP contribution is 2.31. The second-order valence-electron chi connectivity index (χ2n) is 8.02. The minimum Gasteiger partial charge on any atom is -0.497 e. The summed E-state index contributed by atoms with van der Waals surface area (Å²) in [5.41, 5.74) is 2.16. The van der Waals surface area contributed by atoms with Crippen molar-refractivity contribution < 1.29 is 22.4 Å². The maximum absolute atomic E-state index is 13.5. The third kappa shape index (κ3) is 4.60. The maximum atomic E-state index is 13.5. The van der Waals surface area contributed by atoms with E-state index in [1.165, 1.54) is 19.2 Å². The van der Waals surface area contributed by atoms with Gasteiger partial charge in [-0.25, -0.2) is 8.42 Å². The van der Waals surface area contributed by atoms with Crippen molar-refractivity contribution in [2.75, 3.05) is 23.3 Å². The third-order valence-electron chi connectivity index (χ3n) is 5.71. The molecule has 0 aliphatic carbocycles. The number of sulfonamides is 1. The Bertz CT molecular complexity index is 1660. The number of rotatable bonds is 7. The highest BCUT2D eigenvalue weighted by Gasteiger charge is 2.27. The fourth-order valence-electron chi connectivity index (χ4n) is 3.93. The lowest BCUT2D eigenvalue weighted by molar-refractivity contribution is -0.114. The second-order valence-corrected chi connectivity index (χ2v) is 10.3. The standard InChI is InChI=1S/C27H21ClN2O5S/c1-34-21-11-13-22(14-12-21)36(32,33)30(20-9-6-18(28)7-10-20)17-27(31)29-19-8-15-24-23-4-2-3-5-25(23)35-26(24)16-19/h2-16H,17H2,1H3,(H,29,31). The summed E-state index contributed by atoms with van der Waals surface area (Å²) in [4.78, 5) is 13.1. The predicted molar refractivity (Wildman–Crippen MR) is 141 cm³/mol. The van der Waals surface area contributed by atoms with Crippen LogP contribution in [0.2, 0.25) is 5.02 Å². The number of benzene rings is 4. The molecule has 0 fully saturated rings. The molecule has 4 aromatic carbocycles. The Morgan fingerprint density at radius 3 is 2.33 bits per heavy atom. The van der Waals surface area contributed by atoms with Crippen molar-refractivity contribution in [3.8, 4) is 5.75 Å². The Morgan fingerprint density at radius 2 is 1.61 bits per heavy atom. The van der Waals surface area contributed by atoms with Gasteiger partial charge < -0.3 is 14.5 Å². The van der Waals surface area contributed by atoms with Crippen molar-refractivity contribution in [3.63, 3.8) is 0 Å². The minimum atomic E-state index is -4.08. The fraction of sp³-hybridized carbons (Fsp3) is 0.0741. The number of hydrogen-bond acceptors (Lipinski definition) is 5. The number of nitrogens with one attached hydrogen (secondary N) is 1. The van der Waals surface area contributed by atoms with Gasteiger partial charge in [0.15, 0.2) is 0 Å². The number of para-hydroxylation sites is 1. The summed E-state index contributed by atoms with van der Waals surface area (Å²) >= 11 is 6.00. The van der Waals surface area contributed by atoms with Crippen LogP contribution in [0.25, 0.3) is 21.9 Å². The first-order valence-corrected chi connectivity index (χ1v) is 12.8. The fourth-order valence-corrected chi connectivity index (χ4v) is 5.48. The Morgan fingerprint density at radius 1 is 0.917 bits per heavy atom. The first-order chi connectivity index (χ1) is 17.3. The van der Waals surface area contributed by atoms with Gasteiger partial charge in [0.2, 0.25) is 5.91 Å². The molecule has 0 spiro atoms. The summed E-state index contributed by atoms with van der Waals surface area (Å²) in [6.07, 6.45) is 0. The van der Waals surface area contributed by atoms with Crippen LogP contribution in [0.3, 0.4) is 0 Å². The molecule has 1 aromatic heterocycles. The lowest BCUT2D eigenvalue weighted by Gasteiger charge is -2.24. The van der Waals surface area contributed by atoms with Crippen LogP contribution in [-0.2, 0) is 14.8 Å². The van der Waals surface area contributed by atoms with Gasteiger partial charge in [0, 0.05) is 27.5 Å². The molecule has 36 heavy (non-hydrogen) atoms. The number of halogens is 1. The van der Waals surface area contributed by atoms with Gasteiger partial charge in [0.1, 0.15) is 23.5 Å². The number of amides is 1. The van der Waals surface area contributed by atoms with E-state index in [1.807, 2.05) is 30.3 Å². The third-order valence-corrected chi connectivity index (χ3v) is 7.75. The Balaban J connectivity index is 1.44. The average Bonchev–Trinajstić information content (AvgIpc) is 3.25. The van der Waals surface area contributed by atoms with E-state index >= 15 is 0 Å². The molecule has 1 heterocycles. The van der Waals surface area contributed by atoms with E-state index in [0.29, 0.717) is 27.7 Å². The molecule has 0 radical (unpaired) electrons. The monoisotopic (exact) mass is 520 g/mol. The first-order valence-electron chi connectivity index (χ1n) is 11.0. The summed E-state index contributed by atoms with van der Waals surface area (Å²) in [7, 11) is -2.58. The molecule has 9 heteroatoms. The molecule has 0 aliphatic heterocycles. The largest absolute Gasteiger partial charge is 0.497 e. The first kappa shape index (κ1) is 23.7. The van der Waals surface area contributed by atoms with E-state index in [1.54, 1.807) is 48.5 Å². The summed E-state index contributed by atoms with van der Waals surface area (Å²) in [6, 6.07) is 25.2. The molecule has 0 saturated heterocycles. The molecule has 0 aliphatic rings. The van der Waals surface area contributed by atoms with Gasteiger partial charge in [-0.2, -0.15) is 0 Å². The number of anilines is 2. The number of carbonyl (C=O) groups excluding carboxylic acids is 1. The zero-order valence-electron chi connectivity index (χ0n) is 19.1. The minimum absolute atomic E-state index is 0.0229. The summed E-state index contributed by atoms with van der Waals surface area (Å²) in [6.45, 7) is -0.450. The molecule has 5 aromatic rings. The van der Waals surface area contributed by atoms with Crippen molar-refractivity contribution in [3.05, 3.63) is 96.0 Å². The van der Waals surface area contributed by atoms with Crippen LogP contribution in [0, 0.1) is 0 Å². The quantitative estimate of drug-likeness (QED) is 0.281. The highest BCUT2D eigenvalue weighted by molar-refractivity contribution is 7.92. The number of methoxy groups -OCH3 is 1. The van der Waals surface area contributed by atoms with Crippen molar-refractivity contribution in [2.24, 2.45) is 0 Å². The zero-order valence-corrected chi connectivity index (χ0v) is 20.7. The summed E-state index contributed by atoms with van der Waals surface area (Å²) in [5, 5.41) is 5.13. The molecular weight excluding hydrogens is 500 g/mol. The van der Waals surface area contributed by atoms with Gasteiger partial charge in [-0.1, -0.05) is 29.8 Å². The van der Waals surface area contributed by atoms with Crippen LogP contribution in [0.1, 0.15) is 0 Å². The summed E-state index contributed by atoms with van der Waals surface area (Å²) in [5.74, 6) is 0.00298. The van der Waals surface area contributed by atoms with Gasteiger partial charge in [-0.3, -0.25) is 9.10 Å². The lowest BCUT2D eigenvalue weighted by Crippen LogP contribution is -2.38. The Hall–Kier alpha value is -4.01. The molecule has 0 saturated carbocycles. The Labute approximate surface area is 212 Å². The van der Waals surface area contributed by atoms with E-state index in [2.05, 4.69) is 5.32 Å². The van der Waals surface area contributed by atoms with Crippen LogP contribution in [0.4, 0.5) is 11.4 Å². The molecule has 0 atom stereocenters. The predicted octanol–water partition coefficient (Wildman–Crippen LogP) is 6.08. The van der Waals surface area contributed by atoms with Crippen molar-refractivity contribution in [1.29, 1.82) is 0 Å². The number of nitrogens with zero attached hydrogens (tertiary/aromatic N) is 1. The van der Waals surface area contributed by atoms with E-state index in [4.69, 9.17) is 20.8 Å². The van der Waals surface area contributed by atoms with Crippen LogP contribution in [0.15, 0.2) is 100 Å². The molecule has 0 bridgehead atoms. The molecule has 1 amide bonds. The number of carbonyl (C=O) groups is 1. The molecule has 1 N–H and O–H groups in total. The molecule has 7 nitrogen and oxygen atoms in total. The topological polar surface area (TPSA) is 88.9 Å². The van der Waals surface area contributed by atoms with Gasteiger partial charge in [0.25, 0.3) is 10.0 Å². The second kappa shape index (κ2) is 9.56. The van der Waals surface area contributed by atoms with E-state index in [9.17, 15) is 13.2 Å². The van der Waals surface area contributed by atoms with Crippen LogP contribution < -0.4 is 14.4 Å². The Kier molecular flexibility index (Phi) is 6.30. The molecule has 0 unspecified atom stereocenters. The lowest BCUT2D eigenvalue weighted by atomic mass is 10.1. The van der Waals surface area contributed by atoms with Crippen molar-refractivity contribution in [1.82, 2.24) is 0 Å². The van der Waals surface area contributed by atoms with Crippen LogP contribution in [0.5, 0.6) is 5.75 Å². The van der Waals surface area contributed by atoms with Gasteiger partial charge >= 0.3 is 0 Å². The number of fused-ring (bicyclic) bond motifs is 3. The number of hydrogen-bond donors (Lipinski definition) is 1.